The van der Waals surface area contributed by atoms with E-state index < -0.39 is 0 Å². The Morgan fingerprint density at radius 1 is 1.20 bits per heavy atom. The van der Waals surface area contributed by atoms with E-state index in [2.05, 4.69) is 51.2 Å². The van der Waals surface area contributed by atoms with Crippen LogP contribution in [0.2, 0.25) is 0 Å². The molecule has 2 heterocycles. The third-order valence-corrected chi connectivity index (χ3v) is 6.28. The number of fused-ring (bicyclic) bond motifs is 5. The number of aromatic nitrogens is 2. The van der Waals surface area contributed by atoms with Crippen molar-refractivity contribution in [1.29, 1.82) is 0 Å². The summed E-state index contributed by atoms with van der Waals surface area (Å²) < 4.78 is 2.13. The molecule has 0 aromatic carbocycles. The highest BCUT2D eigenvalue weighted by Crippen LogP contribution is 2.52. The van der Waals surface area contributed by atoms with Gasteiger partial charge in [-0.2, -0.15) is 0 Å². The van der Waals surface area contributed by atoms with Crippen LogP contribution in [0.5, 0.6) is 0 Å². The molecule has 2 fully saturated rings. The van der Waals surface area contributed by atoms with E-state index in [1.54, 1.807) is 6.20 Å². The lowest BCUT2D eigenvalue weighted by Crippen LogP contribution is -2.43. The molecule has 3 aliphatic rings. The first kappa shape index (κ1) is 20.6. The molecular weight excluding hydrogens is 380 g/mol. The van der Waals surface area contributed by atoms with Gasteiger partial charge in [0.15, 0.2) is 5.96 Å². The minimum absolute atomic E-state index is 0.00121. The largest absolute Gasteiger partial charge is 0.357 e. The van der Waals surface area contributed by atoms with Crippen molar-refractivity contribution in [2.45, 2.75) is 40.3 Å². The Morgan fingerprint density at radius 3 is 2.53 bits per heavy atom. The number of nitrogens with zero attached hydrogens (tertiary/aromatic N) is 4. The SMILES string of the molecule is CCNC(=NCc1nccn1CC(C)C)NCCN1C(=O)C2C3C=CC(C3)C2C1=O. The number of carbonyl (C=O) groups excluding carboxylic acids is 2. The predicted octanol–water partition coefficient (Wildman–Crippen LogP) is 1.40. The maximum atomic E-state index is 12.8. The Kier molecular flexibility index (Phi) is 5.92. The summed E-state index contributed by atoms with van der Waals surface area (Å²) >= 11 is 0. The standard InChI is InChI=1S/C22H32N6O2/c1-4-23-22(26-12-17-24-7-9-27(17)13-14(2)3)25-8-10-28-20(29)18-15-5-6-16(11-15)19(18)21(28)30/h5-7,9,14-16,18-19H,4,8,10-13H2,1-3H3,(H2,23,25,26). The molecule has 0 spiro atoms. The lowest BCUT2D eigenvalue weighted by atomic mass is 9.85. The van der Waals surface area contributed by atoms with Crippen molar-refractivity contribution in [1.82, 2.24) is 25.1 Å². The molecule has 4 rings (SSSR count). The van der Waals surface area contributed by atoms with Gasteiger partial charge in [0, 0.05) is 38.6 Å². The number of aliphatic imine (C=N–C) groups is 1. The van der Waals surface area contributed by atoms with Gasteiger partial charge in [0.05, 0.1) is 11.8 Å². The molecule has 2 N–H and O–H groups in total. The number of hydrogen-bond donors (Lipinski definition) is 2. The number of imide groups is 1. The Bertz CT molecular complexity index is 828. The molecule has 4 atom stereocenters. The topological polar surface area (TPSA) is 91.6 Å². The van der Waals surface area contributed by atoms with Crippen LogP contribution in [0, 0.1) is 29.6 Å². The normalized spacial score (nSPS) is 27.5. The Hall–Kier alpha value is -2.64. The van der Waals surface area contributed by atoms with E-state index >= 15 is 0 Å². The number of nitrogens with one attached hydrogen (secondary N) is 2. The van der Waals surface area contributed by atoms with E-state index in [-0.39, 0.29) is 35.5 Å². The number of imidazole rings is 1. The summed E-state index contributed by atoms with van der Waals surface area (Å²) in [6.45, 7) is 9.32. The first-order chi connectivity index (χ1) is 14.5. The third kappa shape index (κ3) is 3.87. The molecule has 8 heteroatoms. The van der Waals surface area contributed by atoms with Crippen LogP contribution in [-0.4, -0.2) is 51.9 Å². The summed E-state index contributed by atoms with van der Waals surface area (Å²) in [4.78, 5) is 36.1. The van der Waals surface area contributed by atoms with Gasteiger partial charge in [-0.3, -0.25) is 14.5 Å². The van der Waals surface area contributed by atoms with Crippen LogP contribution in [0.25, 0.3) is 0 Å². The van der Waals surface area contributed by atoms with Gasteiger partial charge in [0.1, 0.15) is 12.4 Å². The molecule has 1 aliphatic heterocycles. The van der Waals surface area contributed by atoms with Crippen LogP contribution in [0.1, 0.15) is 33.0 Å². The summed E-state index contributed by atoms with van der Waals surface area (Å²) in [5, 5.41) is 6.48. The Labute approximate surface area is 177 Å². The molecule has 30 heavy (non-hydrogen) atoms. The first-order valence-electron chi connectivity index (χ1n) is 11.0. The molecule has 1 saturated carbocycles. The zero-order valence-corrected chi connectivity index (χ0v) is 18.0. The van der Waals surface area contributed by atoms with Crippen LogP contribution in [-0.2, 0) is 22.7 Å². The molecule has 2 amide bonds. The summed E-state index contributed by atoms with van der Waals surface area (Å²) in [6.07, 6.45) is 8.99. The van der Waals surface area contributed by atoms with Gasteiger partial charge < -0.3 is 15.2 Å². The van der Waals surface area contributed by atoms with E-state index in [0.717, 1.165) is 25.3 Å². The van der Waals surface area contributed by atoms with Gasteiger partial charge in [-0.25, -0.2) is 9.98 Å². The fourth-order valence-electron chi connectivity index (χ4n) is 5.01. The number of guanidine groups is 1. The van der Waals surface area contributed by atoms with E-state index in [1.807, 2.05) is 13.1 Å². The number of carbonyl (C=O) groups is 2. The maximum Gasteiger partial charge on any atom is 0.233 e. The summed E-state index contributed by atoms with van der Waals surface area (Å²) in [5.41, 5.74) is 0. The number of amides is 2. The second-order valence-electron chi connectivity index (χ2n) is 8.84. The number of hydrogen-bond acceptors (Lipinski definition) is 4. The fraction of sp³-hybridized carbons (Fsp3) is 0.636. The molecule has 0 radical (unpaired) electrons. The van der Waals surface area contributed by atoms with Crippen molar-refractivity contribution < 1.29 is 9.59 Å². The quantitative estimate of drug-likeness (QED) is 0.291. The number of likely N-dealkylation sites (tertiary alicyclic amines) is 1. The molecule has 1 aromatic heterocycles. The molecule has 4 unspecified atom stereocenters. The second kappa shape index (κ2) is 8.62. The van der Waals surface area contributed by atoms with Crippen molar-refractivity contribution in [2.24, 2.45) is 34.6 Å². The van der Waals surface area contributed by atoms with Crippen LogP contribution in [0.4, 0.5) is 0 Å². The summed E-state index contributed by atoms with van der Waals surface area (Å²) in [5.74, 6) is 2.37. The van der Waals surface area contributed by atoms with Crippen molar-refractivity contribution in [3.63, 3.8) is 0 Å². The van der Waals surface area contributed by atoms with Crippen LogP contribution >= 0.6 is 0 Å². The minimum atomic E-state index is -0.130. The minimum Gasteiger partial charge on any atom is -0.357 e. The maximum absolute atomic E-state index is 12.8. The highest BCUT2D eigenvalue weighted by Gasteiger charge is 2.58. The highest BCUT2D eigenvalue weighted by atomic mass is 16.2. The zero-order valence-electron chi connectivity index (χ0n) is 18.0. The average molecular weight is 413 g/mol. The van der Waals surface area contributed by atoms with Gasteiger partial charge in [0.25, 0.3) is 0 Å². The van der Waals surface area contributed by atoms with Gasteiger partial charge in [0.2, 0.25) is 11.8 Å². The molecule has 162 valence electrons. The molecular formula is C22H32N6O2. The van der Waals surface area contributed by atoms with Crippen LogP contribution < -0.4 is 10.6 Å². The van der Waals surface area contributed by atoms with Crippen LogP contribution in [0.15, 0.2) is 29.5 Å². The van der Waals surface area contributed by atoms with Crippen molar-refractivity contribution in [3.8, 4) is 0 Å². The lowest BCUT2D eigenvalue weighted by molar-refractivity contribution is -0.140. The zero-order chi connectivity index (χ0) is 21.3. The smallest absolute Gasteiger partial charge is 0.233 e. The van der Waals surface area contributed by atoms with Crippen molar-refractivity contribution in [3.05, 3.63) is 30.4 Å². The van der Waals surface area contributed by atoms with E-state index in [4.69, 9.17) is 0 Å². The Morgan fingerprint density at radius 2 is 1.90 bits per heavy atom. The van der Waals surface area contributed by atoms with E-state index in [0.29, 0.717) is 31.5 Å². The lowest BCUT2D eigenvalue weighted by Gasteiger charge is -2.18. The first-order valence-corrected chi connectivity index (χ1v) is 11.0. The molecule has 2 bridgehead atoms. The molecule has 2 aliphatic carbocycles. The monoisotopic (exact) mass is 412 g/mol. The fourth-order valence-corrected chi connectivity index (χ4v) is 5.01. The average Bonchev–Trinajstić information content (AvgIpc) is 3.47. The van der Waals surface area contributed by atoms with Crippen LogP contribution in [0.3, 0.4) is 0 Å². The molecule has 1 saturated heterocycles. The molecule has 8 nitrogen and oxygen atoms in total. The van der Waals surface area contributed by atoms with Crippen molar-refractivity contribution >= 4 is 17.8 Å². The van der Waals surface area contributed by atoms with Gasteiger partial charge >= 0.3 is 0 Å². The van der Waals surface area contributed by atoms with Gasteiger partial charge in [-0.05, 0) is 31.1 Å². The summed E-state index contributed by atoms with van der Waals surface area (Å²) in [7, 11) is 0. The van der Waals surface area contributed by atoms with E-state index in [1.165, 1.54) is 4.90 Å². The van der Waals surface area contributed by atoms with E-state index in [9.17, 15) is 9.59 Å². The van der Waals surface area contributed by atoms with Gasteiger partial charge in [-0.1, -0.05) is 26.0 Å². The van der Waals surface area contributed by atoms with Gasteiger partial charge in [-0.15, -0.1) is 0 Å². The molecule has 1 aromatic rings. The number of rotatable bonds is 8. The predicted molar refractivity (Wildman–Crippen MR) is 114 cm³/mol. The van der Waals surface area contributed by atoms with Crippen molar-refractivity contribution in [2.75, 3.05) is 19.6 Å². The highest BCUT2D eigenvalue weighted by molar-refractivity contribution is 6.06. The third-order valence-electron chi connectivity index (χ3n) is 6.28. The second-order valence-corrected chi connectivity index (χ2v) is 8.84. The summed E-state index contributed by atoms with van der Waals surface area (Å²) in [6, 6.07) is 0. The number of allylic oxidation sites excluding steroid dienone is 2. The Balaban J connectivity index is 1.33.